The first kappa shape index (κ1) is 38.1. The van der Waals surface area contributed by atoms with E-state index in [0.717, 1.165) is 27.8 Å². The predicted molar refractivity (Wildman–Crippen MR) is 229 cm³/mol. The summed E-state index contributed by atoms with van der Waals surface area (Å²) in [5.74, 6) is 3.10. The van der Waals surface area contributed by atoms with Crippen LogP contribution in [0.3, 0.4) is 0 Å². The number of hydrogen-bond donors (Lipinski definition) is 7. The van der Waals surface area contributed by atoms with Gasteiger partial charge < -0.3 is 15.3 Å². The zero-order valence-corrected chi connectivity index (χ0v) is 33.1. The van der Waals surface area contributed by atoms with Crippen LogP contribution in [0.15, 0.2) is 131 Å². The first-order valence-electron chi connectivity index (χ1n) is 15.6. The van der Waals surface area contributed by atoms with Gasteiger partial charge in [0.05, 0.1) is 22.7 Å². The quantitative estimate of drug-likeness (QED) is 0.0352. The molecule has 0 aliphatic rings. The number of aromatic hydroxyl groups is 1. The summed E-state index contributed by atoms with van der Waals surface area (Å²) in [5.41, 5.74) is 3.46. The molecule has 6 aromatic rings. The maximum atomic E-state index is 11.3. The lowest BCUT2D eigenvalue weighted by atomic mass is 10.1. The van der Waals surface area contributed by atoms with Crippen LogP contribution in [0.2, 0.25) is 5.28 Å². The number of halogens is 1. The molecule has 264 valence electrons. The molecular formula is C35H30ClN9OS6. The Balaban J connectivity index is 1.23. The Hall–Kier alpha value is -3.64. The van der Waals surface area contributed by atoms with Crippen LogP contribution in [0.4, 0.5) is 46.0 Å². The summed E-state index contributed by atoms with van der Waals surface area (Å²) < 4.78 is 0. The minimum Gasteiger partial charge on any atom is -0.505 e. The van der Waals surface area contributed by atoms with Crippen molar-refractivity contribution >= 4 is 143 Å². The summed E-state index contributed by atoms with van der Waals surface area (Å²) in [6, 6.07) is 27.6. The summed E-state index contributed by atoms with van der Waals surface area (Å²) >= 11 is 30.8. The second-order valence-corrected chi connectivity index (χ2v) is 14.9. The summed E-state index contributed by atoms with van der Waals surface area (Å²) in [5, 5.41) is 32.8. The van der Waals surface area contributed by atoms with Crippen molar-refractivity contribution in [1.29, 1.82) is 0 Å². The van der Waals surface area contributed by atoms with Crippen LogP contribution in [0.25, 0.3) is 10.8 Å². The van der Waals surface area contributed by atoms with E-state index in [9.17, 15) is 5.11 Å². The minimum absolute atomic E-state index is 0.0337. The minimum atomic E-state index is -0.105. The number of rotatable bonds is 13. The van der Waals surface area contributed by atoms with Gasteiger partial charge in [0.1, 0.15) is 5.69 Å². The summed E-state index contributed by atoms with van der Waals surface area (Å²) in [6.45, 7) is 0.652. The summed E-state index contributed by atoms with van der Waals surface area (Å²) in [4.78, 5) is 17.7. The number of thiol groups is 5. The van der Waals surface area contributed by atoms with Gasteiger partial charge in [0.25, 0.3) is 0 Å². The summed E-state index contributed by atoms with van der Waals surface area (Å²) in [6.07, 6.45) is 0. The Morgan fingerprint density at radius 2 is 1.50 bits per heavy atom. The van der Waals surface area contributed by atoms with Gasteiger partial charge in [0.15, 0.2) is 5.75 Å². The number of fused-ring (bicyclic) bond motifs is 1. The average molecular weight is 821 g/mol. The monoisotopic (exact) mass is 819 g/mol. The van der Waals surface area contributed by atoms with E-state index < -0.39 is 0 Å². The molecule has 5 aromatic carbocycles. The molecule has 6 rings (SSSR count). The van der Waals surface area contributed by atoms with Crippen molar-refractivity contribution in [3.63, 3.8) is 0 Å². The van der Waals surface area contributed by atoms with E-state index in [1.807, 2.05) is 59.5 Å². The van der Waals surface area contributed by atoms with Gasteiger partial charge in [-0.1, -0.05) is 18.2 Å². The molecule has 1 heterocycles. The van der Waals surface area contributed by atoms with Gasteiger partial charge >= 0.3 is 0 Å². The van der Waals surface area contributed by atoms with Crippen molar-refractivity contribution in [2.24, 2.45) is 20.5 Å². The number of hydrogen-bond acceptors (Lipinski definition) is 16. The molecule has 0 radical (unpaired) electrons. The number of nitrogens with zero attached hydrogens (tertiary/aromatic N) is 8. The first-order chi connectivity index (χ1) is 25.2. The van der Waals surface area contributed by atoms with E-state index in [1.165, 1.54) is 0 Å². The molecule has 2 N–H and O–H groups in total. The lowest BCUT2D eigenvalue weighted by Gasteiger charge is -2.23. The van der Waals surface area contributed by atoms with Crippen LogP contribution in [0.1, 0.15) is 0 Å². The number of benzene rings is 5. The molecule has 0 amide bonds. The number of nitrogens with one attached hydrogen (secondary N) is 1. The molecular weight excluding hydrogens is 790 g/mol. The number of para-hydroxylation sites is 1. The number of phenolic OH excluding ortho intramolecular Hbond substituents is 1. The molecule has 17 heteroatoms. The van der Waals surface area contributed by atoms with Crippen LogP contribution < -0.4 is 10.2 Å². The van der Waals surface area contributed by atoms with Crippen LogP contribution in [-0.2, 0) is 0 Å². The zero-order valence-electron chi connectivity index (χ0n) is 27.0. The molecule has 0 saturated heterocycles. The SMILES string of the molecule is Oc1c(N=Nc2ccc(N=Nc3ccc(S)cc3)cc2S)c(S)cc2c(S)c(Nc3nc(Cl)nc(N(CCSCCS)c4ccccc4)n3)ccc12. The van der Waals surface area contributed by atoms with Gasteiger partial charge in [-0.05, 0) is 90.2 Å². The Bertz CT molecular complexity index is 2260. The molecule has 1 aromatic heterocycles. The van der Waals surface area contributed by atoms with Crippen LogP contribution >= 0.6 is 86.5 Å². The maximum absolute atomic E-state index is 11.3. The van der Waals surface area contributed by atoms with E-state index >= 15 is 0 Å². The Labute approximate surface area is 337 Å². The number of thioether (sulfide) groups is 1. The van der Waals surface area contributed by atoms with Gasteiger partial charge in [-0.3, -0.25) is 0 Å². The standard InChI is InChI=1S/C35H30ClN9OS6/c36-33-38-34(40-35(39-33)45(14-16-52-17-15-47)22-4-2-1-3-5-22)37-27-13-11-24-25(32(27)51)19-29(50)30(31(24)46)44-43-26-12-8-21(18-28(26)49)42-41-20-6-9-23(48)10-7-20/h1-13,18-19,46-51H,14-17H2,(H,37,38,39,40). The van der Waals surface area contributed by atoms with E-state index in [1.54, 1.807) is 48.2 Å². The molecule has 52 heavy (non-hydrogen) atoms. The lowest BCUT2D eigenvalue weighted by Crippen LogP contribution is -2.23. The predicted octanol–water partition coefficient (Wildman–Crippen LogP) is 11.9. The Morgan fingerprint density at radius 3 is 2.25 bits per heavy atom. The van der Waals surface area contributed by atoms with E-state index in [2.05, 4.69) is 86.3 Å². The second kappa shape index (κ2) is 17.9. The number of aromatic nitrogens is 3. The van der Waals surface area contributed by atoms with Gasteiger partial charge in [-0.2, -0.15) is 49.6 Å². The van der Waals surface area contributed by atoms with E-state index in [-0.39, 0.29) is 22.7 Å². The van der Waals surface area contributed by atoms with Gasteiger partial charge in [0.2, 0.25) is 17.2 Å². The highest BCUT2D eigenvalue weighted by atomic mass is 35.5. The number of azo groups is 2. The normalized spacial score (nSPS) is 11.6. The Morgan fingerprint density at radius 1 is 0.750 bits per heavy atom. The number of anilines is 4. The van der Waals surface area contributed by atoms with E-state index in [4.69, 9.17) is 29.2 Å². The second-order valence-electron chi connectivity index (χ2n) is 10.9. The van der Waals surface area contributed by atoms with Crippen molar-refractivity contribution in [3.8, 4) is 5.75 Å². The number of phenols is 1. The van der Waals surface area contributed by atoms with Crippen LogP contribution in [0.5, 0.6) is 5.75 Å². The average Bonchev–Trinajstić information content (AvgIpc) is 3.13. The highest BCUT2D eigenvalue weighted by Crippen LogP contribution is 2.45. The third kappa shape index (κ3) is 9.47. The molecule has 0 aliphatic carbocycles. The lowest BCUT2D eigenvalue weighted by molar-refractivity contribution is 0.481. The molecule has 0 spiro atoms. The molecule has 0 unspecified atom stereocenters. The molecule has 10 nitrogen and oxygen atoms in total. The largest absolute Gasteiger partial charge is 0.505 e. The van der Waals surface area contributed by atoms with Gasteiger partial charge in [-0.25, -0.2) is 0 Å². The van der Waals surface area contributed by atoms with E-state index in [0.29, 0.717) is 60.7 Å². The molecule has 0 aliphatic heterocycles. The third-order valence-corrected chi connectivity index (χ3v) is 10.6. The fourth-order valence-electron chi connectivity index (χ4n) is 4.92. The van der Waals surface area contributed by atoms with Crippen LogP contribution in [-0.4, -0.2) is 43.9 Å². The van der Waals surface area contributed by atoms with Crippen molar-refractivity contribution in [1.82, 2.24) is 15.0 Å². The molecule has 0 saturated carbocycles. The van der Waals surface area contributed by atoms with Crippen molar-refractivity contribution in [3.05, 3.63) is 96.3 Å². The van der Waals surface area contributed by atoms with Crippen molar-refractivity contribution < 1.29 is 5.11 Å². The molecule has 0 bridgehead atoms. The highest BCUT2D eigenvalue weighted by molar-refractivity contribution is 8.00. The van der Waals surface area contributed by atoms with Crippen molar-refractivity contribution in [2.45, 2.75) is 19.6 Å². The fourth-order valence-corrected chi connectivity index (χ4v) is 7.11. The van der Waals surface area contributed by atoms with Crippen molar-refractivity contribution in [2.75, 3.05) is 34.0 Å². The smallest absolute Gasteiger partial charge is 0.236 e. The topological polar surface area (TPSA) is 124 Å². The highest BCUT2D eigenvalue weighted by Gasteiger charge is 2.18. The van der Waals surface area contributed by atoms with Gasteiger partial charge in [0, 0.05) is 54.1 Å². The zero-order chi connectivity index (χ0) is 36.6. The third-order valence-electron chi connectivity index (χ3n) is 7.41. The first-order valence-corrected chi connectivity index (χ1v) is 19.5. The molecule has 0 atom stereocenters. The molecule has 0 fully saturated rings. The van der Waals surface area contributed by atoms with Gasteiger partial charge in [-0.15, -0.1) is 60.7 Å². The Kier molecular flexibility index (Phi) is 13.1. The fraction of sp³-hybridized carbons (Fsp3) is 0.114. The maximum Gasteiger partial charge on any atom is 0.236 e. The van der Waals surface area contributed by atoms with Crippen LogP contribution in [0, 0.1) is 0 Å². The summed E-state index contributed by atoms with van der Waals surface area (Å²) in [7, 11) is 0.